The van der Waals surface area contributed by atoms with E-state index < -0.39 is 0 Å². The van der Waals surface area contributed by atoms with Gasteiger partial charge in [0.15, 0.2) is 0 Å². The Balaban J connectivity index is 2.23. The third kappa shape index (κ3) is 3.53. The van der Waals surface area contributed by atoms with Crippen LogP contribution >= 0.6 is 39.3 Å². The molecule has 1 N–H and O–H groups in total. The molecule has 0 aliphatic rings. The molecule has 0 bridgehead atoms. The molecular formula is C14H11BrClNOS. The predicted molar refractivity (Wildman–Crippen MR) is 85.3 cm³/mol. The van der Waals surface area contributed by atoms with Gasteiger partial charge in [-0.05, 0) is 52.5 Å². The van der Waals surface area contributed by atoms with Crippen LogP contribution in [0.1, 0.15) is 10.4 Å². The molecule has 2 nitrogen and oxygen atoms in total. The molecule has 0 heterocycles. The fourth-order valence-corrected chi connectivity index (χ4v) is 2.56. The Morgan fingerprint density at radius 2 is 2.00 bits per heavy atom. The molecule has 0 unspecified atom stereocenters. The fraction of sp³-hybridized carbons (Fsp3) is 0.0714. The zero-order valence-electron chi connectivity index (χ0n) is 10.1. The van der Waals surface area contributed by atoms with Crippen molar-refractivity contribution in [1.82, 2.24) is 0 Å². The topological polar surface area (TPSA) is 29.1 Å². The van der Waals surface area contributed by atoms with E-state index in [4.69, 9.17) is 11.6 Å². The van der Waals surface area contributed by atoms with Crippen LogP contribution in [0.5, 0.6) is 0 Å². The lowest BCUT2D eigenvalue weighted by Crippen LogP contribution is -2.12. The molecule has 0 radical (unpaired) electrons. The number of amides is 1. The van der Waals surface area contributed by atoms with Gasteiger partial charge in [-0.15, -0.1) is 11.8 Å². The number of carbonyl (C=O) groups excluding carboxylic acids is 1. The quantitative estimate of drug-likeness (QED) is 0.777. The molecule has 0 saturated heterocycles. The Labute approximate surface area is 129 Å². The average molecular weight is 357 g/mol. The first-order valence-corrected chi connectivity index (χ1v) is 7.91. The van der Waals surface area contributed by atoms with Gasteiger partial charge in [0.2, 0.25) is 0 Å². The molecule has 0 aromatic heterocycles. The van der Waals surface area contributed by atoms with E-state index in [2.05, 4.69) is 21.2 Å². The number of hydrogen-bond acceptors (Lipinski definition) is 2. The van der Waals surface area contributed by atoms with Crippen molar-refractivity contribution in [3.63, 3.8) is 0 Å². The lowest BCUT2D eigenvalue weighted by atomic mass is 10.2. The Bertz CT molecular complexity index is 618. The normalized spacial score (nSPS) is 10.3. The number of anilines is 1. The van der Waals surface area contributed by atoms with Crippen LogP contribution in [0.15, 0.2) is 51.8 Å². The molecule has 2 rings (SSSR count). The smallest absolute Gasteiger partial charge is 0.255 e. The minimum atomic E-state index is -0.170. The van der Waals surface area contributed by atoms with Crippen molar-refractivity contribution in [2.75, 3.05) is 11.6 Å². The second-order valence-electron chi connectivity index (χ2n) is 3.78. The molecule has 0 spiro atoms. The van der Waals surface area contributed by atoms with Gasteiger partial charge in [-0.2, -0.15) is 0 Å². The van der Waals surface area contributed by atoms with Gasteiger partial charge in [-0.1, -0.05) is 23.7 Å². The molecule has 0 saturated carbocycles. The molecule has 19 heavy (non-hydrogen) atoms. The minimum Gasteiger partial charge on any atom is -0.321 e. The van der Waals surface area contributed by atoms with Crippen LogP contribution in [-0.4, -0.2) is 12.2 Å². The summed E-state index contributed by atoms with van der Waals surface area (Å²) in [6.07, 6.45) is 1.97. The molecule has 1 amide bonds. The van der Waals surface area contributed by atoms with Gasteiger partial charge in [-0.3, -0.25) is 4.79 Å². The molecule has 2 aromatic carbocycles. The van der Waals surface area contributed by atoms with Crippen molar-refractivity contribution >= 4 is 50.9 Å². The summed E-state index contributed by atoms with van der Waals surface area (Å²) in [5.41, 5.74) is 1.34. The summed E-state index contributed by atoms with van der Waals surface area (Å²) < 4.78 is 0.773. The van der Waals surface area contributed by atoms with E-state index in [1.165, 1.54) is 0 Å². The Hall–Kier alpha value is -0.970. The second-order valence-corrected chi connectivity index (χ2v) is 5.89. The third-order valence-corrected chi connectivity index (χ3v) is 4.57. The van der Waals surface area contributed by atoms with Crippen molar-refractivity contribution in [3.05, 3.63) is 57.5 Å². The Morgan fingerprint density at radius 3 is 2.68 bits per heavy atom. The van der Waals surface area contributed by atoms with Crippen LogP contribution in [-0.2, 0) is 0 Å². The fourth-order valence-electron chi connectivity index (χ4n) is 1.58. The van der Waals surface area contributed by atoms with Crippen molar-refractivity contribution in [2.45, 2.75) is 4.90 Å². The van der Waals surface area contributed by atoms with Gasteiger partial charge in [0.05, 0.1) is 10.7 Å². The molecular weight excluding hydrogens is 346 g/mol. The van der Waals surface area contributed by atoms with Crippen LogP contribution in [0.25, 0.3) is 0 Å². The van der Waals surface area contributed by atoms with Crippen LogP contribution in [0.2, 0.25) is 5.02 Å². The molecule has 0 atom stereocenters. The average Bonchev–Trinajstić information content (AvgIpc) is 2.42. The summed E-state index contributed by atoms with van der Waals surface area (Å²) >= 11 is 10.9. The number of rotatable bonds is 3. The lowest BCUT2D eigenvalue weighted by molar-refractivity contribution is 0.102. The molecule has 0 aliphatic carbocycles. The van der Waals surface area contributed by atoms with Crippen LogP contribution in [0.3, 0.4) is 0 Å². The summed E-state index contributed by atoms with van der Waals surface area (Å²) in [6, 6.07) is 12.8. The first-order chi connectivity index (χ1) is 9.11. The van der Waals surface area contributed by atoms with Crippen molar-refractivity contribution < 1.29 is 4.79 Å². The first-order valence-electron chi connectivity index (χ1n) is 5.51. The van der Waals surface area contributed by atoms with E-state index in [-0.39, 0.29) is 5.91 Å². The van der Waals surface area contributed by atoms with Gasteiger partial charge >= 0.3 is 0 Å². The lowest BCUT2D eigenvalue weighted by Gasteiger charge is -2.09. The van der Waals surface area contributed by atoms with Crippen molar-refractivity contribution in [2.24, 2.45) is 0 Å². The van der Waals surface area contributed by atoms with E-state index in [9.17, 15) is 4.79 Å². The molecule has 5 heteroatoms. The van der Waals surface area contributed by atoms with Gasteiger partial charge in [-0.25, -0.2) is 0 Å². The zero-order valence-corrected chi connectivity index (χ0v) is 13.3. The van der Waals surface area contributed by atoms with E-state index in [0.29, 0.717) is 10.6 Å². The molecule has 2 aromatic rings. The SMILES string of the molecule is CSc1ccccc1NC(=O)c1ccc(Br)c(Cl)c1. The van der Waals surface area contributed by atoms with Gasteiger partial charge in [0.1, 0.15) is 0 Å². The number of carbonyl (C=O) groups is 1. The Morgan fingerprint density at radius 1 is 1.26 bits per heavy atom. The number of halogens is 2. The second kappa shape index (κ2) is 6.46. The minimum absolute atomic E-state index is 0.170. The summed E-state index contributed by atoms with van der Waals surface area (Å²) in [6.45, 7) is 0. The van der Waals surface area contributed by atoms with Crippen LogP contribution < -0.4 is 5.32 Å². The molecule has 98 valence electrons. The Kier molecular flexibility index (Phi) is 4.91. The van der Waals surface area contributed by atoms with Crippen molar-refractivity contribution in [1.29, 1.82) is 0 Å². The number of nitrogens with one attached hydrogen (secondary N) is 1. The third-order valence-electron chi connectivity index (χ3n) is 2.54. The van der Waals surface area contributed by atoms with E-state index in [1.807, 2.05) is 30.5 Å². The van der Waals surface area contributed by atoms with Gasteiger partial charge in [0, 0.05) is 14.9 Å². The standard InChI is InChI=1S/C14H11BrClNOS/c1-19-13-5-3-2-4-12(13)17-14(18)9-6-7-10(15)11(16)8-9/h2-8H,1H3,(H,17,18). The summed E-state index contributed by atoms with van der Waals surface area (Å²) in [4.78, 5) is 13.2. The number of thioether (sulfide) groups is 1. The van der Waals surface area contributed by atoms with Gasteiger partial charge < -0.3 is 5.32 Å². The maximum absolute atomic E-state index is 12.2. The van der Waals surface area contributed by atoms with Crippen LogP contribution in [0, 0.1) is 0 Å². The summed E-state index contributed by atoms with van der Waals surface area (Å²) in [7, 11) is 0. The highest BCUT2D eigenvalue weighted by Gasteiger charge is 2.10. The first kappa shape index (κ1) is 14.4. The maximum atomic E-state index is 12.2. The predicted octanol–water partition coefficient (Wildman–Crippen LogP) is 5.08. The zero-order chi connectivity index (χ0) is 13.8. The monoisotopic (exact) mass is 355 g/mol. The molecule has 0 fully saturated rings. The summed E-state index contributed by atoms with van der Waals surface area (Å²) in [5.74, 6) is -0.170. The highest BCUT2D eigenvalue weighted by Crippen LogP contribution is 2.26. The maximum Gasteiger partial charge on any atom is 0.255 e. The largest absolute Gasteiger partial charge is 0.321 e. The number of benzene rings is 2. The van der Waals surface area contributed by atoms with Gasteiger partial charge in [0.25, 0.3) is 5.91 Å². The summed E-state index contributed by atoms with van der Waals surface area (Å²) in [5, 5.41) is 3.41. The van der Waals surface area contributed by atoms with E-state index >= 15 is 0 Å². The number of hydrogen-bond donors (Lipinski definition) is 1. The highest BCUT2D eigenvalue weighted by molar-refractivity contribution is 9.10. The molecule has 0 aliphatic heterocycles. The highest BCUT2D eigenvalue weighted by atomic mass is 79.9. The van der Waals surface area contributed by atoms with Crippen LogP contribution in [0.4, 0.5) is 5.69 Å². The van der Waals surface area contributed by atoms with E-state index in [0.717, 1.165) is 15.1 Å². The van der Waals surface area contributed by atoms with Crippen molar-refractivity contribution in [3.8, 4) is 0 Å². The van der Waals surface area contributed by atoms with E-state index in [1.54, 1.807) is 30.0 Å². The number of para-hydroxylation sites is 1.